The monoisotopic (exact) mass is 183 g/mol. The fraction of sp³-hybridized carbons (Fsp3) is 0.700. The van der Waals surface area contributed by atoms with Crippen molar-refractivity contribution in [3.05, 3.63) is 12.2 Å². The van der Waals surface area contributed by atoms with Gasteiger partial charge in [-0.1, -0.05) is 6.08 Å². The maximum Gasteiger partial charge on any atom is 0.246 e. The minimum Gasteiger partial charge on any atom is -0.390 e. The van der Waals surface area contributed by atoms with Gasteiger partial charge in [0.25, 0.3) is 0 Å². The molecule has 1 fully saturated rings. The molecule has 3 heteroatoms. The van der Waals surface area contributed by atoms with Gasteiger partial charge >= 0.3 is 0 Å². The molecule has 0 aliphatic carbocycles. The molecule has 0 aromatic rings. The average Bonchev–Trinajstić information content (AvgIpc) is 2.04. The summed E-state index contributed by atoms with van der Waals surface area (Å²) in [6.45, 7) is 4.98. The van der Waals surface area contributed by atoms with Crippen LogP contribution in [-0.4, -0.2) is 34.6 Å². The van der Waals surface area contributed by atoms with E-state index >= 15 is 0 Å². The van der Waals surface area contributed by atoms with E-state index in [2.05, 4.69) is 0 Å². The summed E-state index contributed by atoms with van der Waals surface area (Å²) >= 11 is 0. The topological polar surface area (TPSA) is 40.5 Å². The Kier molecular flexibility index (Phi) is 3.09. The second-order valence-corrected chi connectivity index (χ2v) is 3.82. The molecule has 0 aromatic heterocycles. The Morgan fingerprint density at radius 1 is 1.46 bits per heavy atom. The molecule has 1 rings (SSSR count). The van der Waals surface area contributed by atoms with Crippen molar-refractivity contribution in [1.82, 2.24) is 4.90 Å². The fourth-order valence-corrected chi connectivity index (χ4v) is 1.46. The van der Waals surface area contributed by atoms with Crippen LogP contribution in [0.25, 0.3) is 0 Å². The van der Waals surface area contributed by atoms with Gasteiger partial charge in [-0.15, -0.1) is 0 Å². The number of likely N-dealkylation sites (tertiary alicyclic amines) is 1. The molecule has 13 heavy (non-hydrogen) atoms. The van der Waals surface area contributed by atoms with E-state index in [-0.39, 0.29) is 5.91 Å². The zero-order valence-corrected chi connectivity index (χ0v) is 8.29. The number of rotatable bonds is 1. The highest BCUT2D eigenvalue weighted by Gasteiger charge is 2.28. The van der Waals surface area contributed by atoms with Gasteiger partial charge in [0.2, 0.25) is 5.91 Å². The van der Waals surface area contributed by atoms with Gasteiger partial charge in [0.1, 0.15) is 0 Å². The summed E-state index contributed by atoms with van der Waals surface area (Å²) in [4.78, 5) is 13.1. The second kappa shape index (κ2) is 3.92. The van der Waals surface area contributed by atoms with Crippen molar-refractivity contribution in [2.45, 2.75) is 32.3 Å². The molecule has 0 unspecified atom stereocenters. The summed E-state index contributed by atoms with van der Waals surface area (Å²) in [5.41, 5.74) is -0.577. The zero-order valence-electron chi connectivity index (χ0n) is 8.29. The van der Waals surface area contributed by atoms with E-state index < -0.39 is 5.60 Å². The van der Waals surface area contributed by atoms with E-state index in [0.29, 0.717) is 25.9 Å². The van der Waals surface area contributed by atoms with Crippen molar-refractivity contribution in [2.75, 3.05) is 13.1 Å². The molecule has 0 aromatic carbocycles. The van der Waals surface area contributed by atoms with E-state index in [1.54, 1.807) is 17.1 Å². The maximum atomic E-state index is 11.4. The Hall–Kier alpha value is -0.830. The fourth-order valence-electron chi connectivity index (χ4n) is 1.46. The van der Waals surface area contributed by atoms with E-state index in [1.165, 1.54) is 0 Å². The van der Waals surface area contributed by atoms with E-state index in [9.17, 15) is 9.90 Å². The van der Waals surface area contributed by atoms with Crippen LogP contribution in [0.4, 0.5) is 0 Å². The molecule has 74 valence electrons. The molecule has 3 nitrogen and oxygen atoms in total. The van der Waals surface area contributed by atoms with Crippen LogP contribution in [0.5, 0.6) is 0 Å². The normalized spacial score (nSPS) is 22.2. The first-order chi connectivity index (χ1) is 6.05. The maximum absolute atomic E-state index is 11.4. The predicted octanol–water partition coefficient (Wildman–Crippen LogP) is 0.936. The first-order valence-electron chi connectivity index (χ1n) is 4.69. The highest BCUT2D eigenvalue weighted by Crippen LogP contribution is 2.20. The van der Waals surface area contributed by atoms with Crippen molar-refractivity contribution < 1.29 is 9.90 Å². The highest BCUT2D eigenvalue weighted by atomic mass is 16.3. The van der Waals surface area contributed by atoms with Gasteiger partial charge < -0.3 is 10.0 Å². The van der Waals surface area contributed by atoms with Crippen LogP contribution in [0, 0.1) is 0 Å². The Balaban J connectivity index is 2.45. The lowest BCUT2D eigenvalue weighted by Crippen LogP contribution is -2.44. The first-order valence-corrected chi connectivity index (χ1v) is 4.69. The van der Waals surface area contributed by atoms with Crippen LogP contribution >= 0.6 is 0 Å². The molecule has 1 saturated heterocycles. The van der Waals surface area contributed by atoms with Gasteiger partial charge in [0, 0.05) is 13.1 Å². The van der Waals surface area contributed by atoms with Gasteiger partial charge in [-0.05, 0) is 32.8 Å². The van der Waals surface area contributed by atoms with Crippen molar-refractivity contribution in [1.29, 1.82) is 0 Å². The molecule has 0 radical (unpaired) electrons. The number of hydrogen-bond donors (Lipinski definition) is 1. The minimum absolute atomic E-state index is 0.0537. The largest absolute Gasteiger partial charge is 0.390 e. The molecule has 1 aliphatic heterocycles. The molecule has 1 aliphatic rings. The van der Waals surface area contributed by atoms with Gasteiger partial charge in [-0.2, -0.15) is 0 Å². The van der Waals surface area contributed by atoms with E-state index in [1.807, 2.05) is 13.8 Å². The summed E-state index contributed by atoms with van der Waals surface area (Å²) in [7, 11) is 0. The number of allylic oxidation sites excluding steroid dienone is 1. The number of hydrogen-bond acceptors (Lipinski definition) is 2. The van der Waals surface area contributed by atoms with Crippen molar-refractivity contribution >= 4 is 5.91 Å². The lowest BCUT2D eigenvalue weighted by atomic mass is 9.94. The highest BCUT2D eigenvalue weighted by molar-refractivity contribution is 5.87. The molecular weight excluding hydrogens is 166 g/mol. The lowest BCUT2D eigenvalue weighted by molar-refractivity contribution is -0.129. The molecule has 0 atom stereocenters. The SMILES string of the molecule is C/C=C/C(=O)N1CCC(C)(O)CC1. The quantitative estimate of drug-likeness (QED) is 0.614. The predicted molar refractivity (Wildman–Crippen MR) is 51.3 cm³/mol. The van der Waals surface area contributed by atoms with Gasteiger partial charge in [-0.25, -0.2) is 0 Å². The number of nitrogens with zero attached hydrogens (tertiary/aromatic N) is 1. The Labute approximate surface area is 79.0 Å². The van der Waals surface area contributed by atoms with Crippen LogP contribution in [0.1, 0.15) is 26.7 Å². The smallest absolute Gasteiger partial charge is 0.246 e. The van der Waals surface area contributed by atoms with Gasteiger partial charge in [0.15, 0.2) is 0 Å². The first kappa shape index (κ1) is 10.3. The number of amides is 1. The van der Waals surface area contributed by atoms with Crippen molar-refractivity contribution in [2.24, 2.45) is 0 Å². The third-order valence-corrected chi connectivity index (χ3v) is 2.46. The zero-order chi connectivity index (χ0) is 9.90. The Bertz CT molecular complexity index is 211. The number of piperidine rings is 1. The van der Waals surface area contributed by atoms with E-state index in [0.717, 1.165) is 0 Å². The summed E-state index contributed by atoms with van der Waals surface area (Å²) in [6.07, 6.45) is 4.67. The number of carbonyl (C=O) groups is 1. The minimum atomic E-state index is -0.577. The molecule has 1 N–H and O–H groups in total. The Morgan fingerprint density at radius 2 is 2.00 bits per heavy atom. The number of carbonyl (C=O) groups excluding carboxylic acids is 1. The van der Waals surface area contributed by atoms with Crippen LogP contribution in [0.3, 0.4) is 0 Å². The third kappa shape index (κ3) is 2.84. The summed E-state index contributed by atoms with van der Waals surface area (Å²) in [6, 6.07) is 0. The average molecular weight is 183 g/mol. The Morgan fingerprint density at radius 3 is 2.46 bits per heavy atom. The molecule has 0 bridgehead atoms. The lowest BCUT2D eigenvalue weighted by Gasteiger charge is -2.35. The third-order valence-electron chi connectivity index (χ3n) is 2.46. The standard InChI is InChI=1S/C10H17NO2/c1-3-4-9(12)11-7-5-10(2,13)6-8-11/h3-4,13H,5-8H2,1-2H3/b4-3+. The van der Waals surface area contributed by atoms with Gasteiger partial charge in [0.05, 0.1) is 5.60 Å². The molecule has 1 heterocycles. The molecule has 0 saturated carbocycles. The van der Waals surface area contributed by atoms with E-state index in [4.69, 9.17) is 0 Å². The van der Waals surface area contributed by atoms with Crippen LogP contribution in [-0.2, 0) is 4.79 Å². The van der Waals surface area contributed by atoms with Crippen LogP contribution in [0.2, 0.25) is 0 Å². The van der Waals surface area contributed by atoms with Crippen LogP contribution in [0.15, 0.2) is 12.2 Å². The van der Waals surface area contributed by atoms with Crippen LogP contribution < -0.4 is 0 Å². The summed E-state index contributed by atoms with van der Waals surface area (Å²) < 4.78 is 0. The second-order valence-electron chi connectivity index (χ2n) is 3.82. The summed E-state index contributed by atoms with van der Waals surface area (Å²) in [5, 5.41) is 9.65. The molecule has 1 amide bonds. The van der Waals surface area contributed by atoms with Crippen molar-refractivity contribution in [3.8, 4) is 0 Å². The van der Waals surface area contributed by atoms with Gasteiger partial charge in [-0.3, -0.25) is 4.79 Å². The summed E-state index contributed by atoms with van der Waals surface area (Å²) in [5.74, 6) is 0.0537. The molecular formula is C10H17NO2. The molecule has 0 spiro atoms. The van der Waals surface area contributed by atoms with Crippen molar-refractivity contribution in [3.63, 3.8) is 0 Å². The number of aliphatic hydroxyl groups is 1.